The number of hydrogen-bond donors (Lipinski definition) is 1. The van der Waals surface area contributed by atoms with E-state index in [1.165, 1.54) is 0 Å². The van der Waals surface area contributed by atoms with E-state index in [1.54, 1.807) is 31.2 Å². The summed E-state index contributed by atoms with van der Waals surface area (Å²) in [5.41, 5.74) is 0.646. The summed E-state index contributed by atoms with van der Waals surface area (Å²) in [6.07, 6.45) is 0.269. The number of aliphatic carboxylic acids is 1. The molecular weight excluding hydrogens is 320 g/mol. The fourth-order valence-electron chi connectivity index (χ4n) is 3.07. The highest BCUT2D eigenvalue weighted by molar-refractivity contribution is 5.95. The van der Waals surface area contributed by atoms with Crippen LogP contribution in [0.4, 0.5) is 0 Å². The summed E-state index contributed by atoms with van der Waals surface area (Å²) < 4.78 is 10.8. The number of benzene rings is 2. The van der Waals surface area contributed by atoms with Crippen LogP contribution >= 0.6 is 0 Å². The van der Waals surface area contributed by atoms with Crippen LogP contribution in [0.2, 0.25) is 0 Å². The largest absolute Gasteiger partial charge is 0.489 e. The standard InChI is InChI=1S/C20H20O5/c1-2-24-19(23)20(12-17(20)18(21)22)15-8-10-16(11-9-15)25-13-14-6-4-3-5-7-14/h3-11,17H,2,12-13H2,1H3,(H,21,22)/t17-,20-/m1/s1. The second-order valence-corrected chi connectivity index (χ2v) is 6.09. The van der Waals surface area contributed by atoms with Crippen LogP contribution in [0.1, 0.15) is 24.5 Å². The van der Waals surface area contributed by atoms with Gasteiger partial charge in [-0.2, -0.15) is 0 Å². The number of carboxylic acid groups (broad SMARTS) is 1. The lowest BCUT2D eigenvalue weighted by Gasteiger charge is -2.16. The maximum absolute atomic E-state index is 12.3. The summed E-state index contributed by atoms with van der Waals surface area (Å²) in [6.45, 7) is 2.39. The molecule has 1 aliphatic rings. The molecule has 1 fully saturated rings. The maximum atomic E-state index is 12.3. The number of carboxylic acids is 1. The zero-order chi connectivity index (χ0) is 17.9. The van der Waals surface area contributed by atoms with Gasteiger partial charge < -0.3 is 14.6 Å². The molecule has 3 rings (SSSR count). The van der Waals surface area contributed by atoms with Gasteiger partial charge in [-0.1, -0.05) is 42.5 Å². The van der Waals surface area contributed by atoms with Gasteiger partial charge in [0, 0.05) is 0 Å². The SMILES string of the molecule is CCOC(=O)[C@@]1(c2ccc(OCc3ccccc3)cc2)C[C@@H]1C(=O)O. The van der Waals surface area contributed by atoms with Gasteiger partial charge in [-0.25, -0.2) is 0 Å². The van der Waals surface area contributed by atoms with E-state index >= 15 is 0 Å². The van der Waals surface area contributed by atoms with E-state index in [4.69, 9.17) is 9.47 Å². The van der Waals surface area contributed by atoms with Crippen LogP contribution in [0.25, 0.3) is 0 Å². The zero-order valence-corrected chi connectivity index (χ0v) is 14.0. The molecule has 0 spiro atoms. The fourth-order valence-corrected chi connectivity index (χ4v) is 3.07. The lowest BCUT2D eigenvalue weighted by Crippen LogP contribution is -2.27. The number of carbonyl (C=O) groups excluding carboxylic acids is 1. The van der Waals surface area contributed by atoms with Gasteiger partial charge in [0.25, 0.3) is 0 Å². The molecule has 0 bridgehead atoms. The quantitative estimate of drug-likeness (QED) is 0.784. The molecule has 0 aromatic heterocycles. The minimum atomic E-state index is -1.07. The highest BCUT2D eigenvalue weighted by atomic mass is 16.5. The first-order valence-corrected chi connectivity index (χ1v) is 8.25. The molecule has 1 N–H and O–H groups in total. The third-order valence-corrected chi connectivity index (χ3v) is 4.52. The van der Waals surface area contributed by atoms with Crippen LogP contribution < -0.4 is 4.74 Å². The van der Waals surface area contributed by atoms with E-state index in [-0.39, 0.29) is 13.0 Å². The third kappa shape index (κ3) is 3.36. The number of ether oxygens (including phenoxy) is 2. The van der Waals surface area contributed by atoms with Gasteiger partial charge in [0.05, 0.1) is 12.5 Å². The Morgan fingerprint density at radius 1 is 1.12 bits per heavy atom. The molecule has 0 unspecified atom stereocenters. The molecule has 0 heterocycles. The van der Waals surface area contributed by atoms with Crippen molar-refractivity contribution in [2.75, 3.05) is 6.61 Å². The second kappa shape index (κ2) is 6.97. The molecule has 5 nitrogen and oxygen atoms in total. The van der Waals surface area contributed by atoms with Gasteiger partial charge >= 0.3 is 11.9 Å². The molecule has 0 radical (unpaired) electrons. The summed E-state index contributed by atoms with van der Waals surface area (Å²) in [4.78, 5) is 23.7. The van der Waals surface area contributed by atoms with Crippen molar-refractivity contribution in [1.29, 1.82) is 0 Å². The van der Waals surface area contributed by atoms with Crippen LogP contribution in [0, 0.1) is 5.92 Å². The first kappa shape index (κ1) is 17.0. The first-order valence-electron chi connectivity index (χ1n) is 8.25. The van der Waals surface area contributed by atoms with Crippen LogP contribution in [-0.4, -0.2) is 23.7 Å². The molecule has 25 heavy (non-hydrogen) atoms. The highest BCUT2D eigenvalue weighted by Crippen LogP contribution is 2.55. The Balaban J connectivity index is 1.74. The van der Waals surface area contributed by atoms with Crippen molar-refractivity contribution in [3.8, 4) is 5.75 Å². The van der Waals surface area contributed by atoms with Gasteiger partial charge in [0.2, 0.25) is 0 Å². The minimum Gasteiger partial charge on any atom is -0.489 e. The van der Waals surface area contributed by atoms with Crippen LogP contribution in [-0.2, 0) is 26.3 Å². The molecular formula is C20H20O5. The van der Waals surface area contributed by atoms with Gasteiger partial charge in [-0.05, 0) is 36.6 Å². The van der Waals surface area contributed by atoms with Crippen LogP contribution in [0.5, 0.6) is 5.75 Å². The van der Waals surface area contributed by atoms with Gasteiger partial charge in [-0.3, -0.25) is 9.59 Å². The summed E-state index contributed by atoms with van der Waals surface area (Å²) in [6, 6.07) is 16.8. The molecule has 2 aromatic carbocycles. The molecule has 0 aliphatic heterocycles. The Labute approximate surface area is 146 Å². The minimum absolute atomic E-state index is 0.227. The monoisotopic (exact) mass is 340 g/mol. The van der Waals surface area contributed by atoms with E-state index in [0.717, 1.165) is 5.56 Å². The Bertz CT molecular complexity index is 753. The van der Waals surface area contributed by atoms with Crippen molar-refractivity contribution in [3.05, 3.63) is 65.7 Å². The third-order valence-electron chi connectivity index (χ3n) is 4.52. The van der Waals surface area contributed by atoms with Crippen molar-refractivity contribution < 1.29 is 24.2 Å². The Kier molecular flexibility index (Phi) is 4.74. The van der Waals surface area contributed by atoms with Gasteiger partial charge in [0.15, 0.2) is 0 Å². The molecule has 0 amide bonds. The molecule has 2 aromatic rings. The lowest BCUT2D eigenvalue weighted by atomic mass is 9.93. The second-order valence-electron chi connectivity index (χ2n) is 6.09. The van der Waals surface area contributed by atoms with Crippen molar-refractivity contribution in [2.45, 2.75) is 25.4 Å². The Morgan fingerprint density at radius 3 is 2.36 bits per heavy atom. The first-order chi connectivity index (χ1) is 12.1. The van der Waals surface area contributed by atoms with Crippen molar-refractivity contribution in [2.24, 2.45) is 5.92 Å². The molecule has 2 atom stereocenters. The number of esters is 1. The summed E-state index contributed by atoms with van der Waals surface area (Å²) in [7, 11) is 0. The predicted octanol–water partition coefficient (Wildman–Crippen LogP) is 3.17. The van der Waals surface area contributed by atoms with E-state index in [2.05, 4.69) is 0 Å². The number of carbonyl (C=O) groups is 2. The fraction of sp³-hybridized carbons (Fsp3) is 0.300. The predicted molar refractivity (Wildman–Crippen MR) is 91.3 cm³/mol. The zero-order valence-electron chi connectivity index (χ0n) is 14.0. The average Bonchev–Trinajstić information content (AvgIpc) is 3.39. The molecule has 1 saturated carbocycles. The average molecular weight is 340 g/mol. The van der Waals surface area contributed by atoms with Crippen molar-refractivity contribution in [3.63, 3.8) is 0 Å². The Hall–Kier alpha value is -2.82. The van der Waals surface area contributed by atoms with E-state index < -0.39 is 23.3 Å². The lowest BCUT2D eigenvalue weighted by molar-refractivity contribution is -0.150. The summed E-state index contributed by atoms with van der Waals surface area (Å²) in [5.74, 6) is -1.51. The summed E-state index contributed by atoms with van der Waals surface area (Å²) in [5, 5.41) is 9.30. The van der Waals surface area contributed by atoms with Crippen molar-refractivity contribution >= 4 is 11.9 Å². The molecule has 0 saturated heterocycles. The van der Waals surface area contributed by atoms with Gasteiger partial charge in [0.1, 0.15) is 17.8 Å². The number of rotatable bonds is 7. The Morgan fingerprint density at radius 2 is 1.80 bits per heavy atom. The normalized spacial score (nSPS) is 21.4. The molecule has 130 valence electrons. The van der Waals surface area contributed by atoms with Crippen LogP contribution in [0.3, 0.4) is 0 Å². The van der Waals surface area contributed by atoms with Crippen molar-refractivity contribution in [1.82, 2.24) is 0 Å². The number of hydrogen-bond acceptors (Lipinski definition) is 4. The smallest absolute Gasteiger partial charge is 0.317 e. The summed E-state index contributed by atoms with van der Waals surface area (Å²) >= 11 is 0. The molecule has 5 heteroatoms. The van der Waals surface area contributed by atoms with Crippen LogP contribution in [0.15, 0.2) is 54.6 Å². The molecule has 1 aliphatic carbocycles. The van der Waals surface area contributed by atoms with E-state index in [9.17, 15) is 14.7 Å². The topological polar surface area (TPSA) is 72.8 Å². The van der Waals surface area contributed by atoms with E-state index in [0.29, 0.717) is 17.9 Å². The van der Waals surface area contributed by atoms with Gasteiger partial charge in [-0.15, -0.1) is 0 Å². The maximum Gasteiger partial charge on any atom is 0.317 e. The van der Waals surface area contributed by atoms with E-state index in [1.807, 2.05) is 30.3 Å². The highest BCUT2D eigenvalue weighted by Gasteiger charge is 2.66.